The van der Waals surface area contributed by atoms with E-state index in [2.05, 4.69) is 19.2 Å². The van der Waals surface area contributed by atoms with Gasteiger partial charge in [-0.1, -0.05) is 26.7 Å². The van der Waals surface area contributed by atoms with Crippen LogP contribution in [0.1, 0.15) is 47.5 Å². The molecule has 0 heterocycles. The minimum Gasteiger partial charge on any atom is -0.392 e. The highest BCUT2D eigenvalue weighted by Crippen LogP contribution is 2.12. The van der Waals surface area contributed by atoms with E-state index in [0.29, 0.717) is 25.6 Å². The summed E-state index contributed by atoms with van der Waals surface area (Å²) in [4.78, 5) is 0. The first kappa shape index (κ1) is 17.8. The van der Waals surface area contributed by atoms with Crippen molar-refractivity contribution in [1.29, 1.82) is 0 Å². The molecule has 0 rings (SSSR count). The second-order valence-electron chi connectivity index (χ2n) is 5.88. The SMILES string of the molecule is CCC(CC)C(O)CNCC(O)COC(C)(C)C. The summed E-state index contributed by atoms with van der Waals surface area (Å²) in [6, 6.07) is 0. The molecule has 0 bridgehead atoms. The molecule has 4 nitrogen and oxygen atoms in total. The third-order valence-electron chi connectivity index (χ3n) is 3.04. The van der Waals surface area contributed by atoms with E-state index < -0.39 is 6.10 Å². The molecule has 0 aromatic heterocycles. The van der Waals surface area contributed by atoms with Crippen molar-refractivity contribution in [2.24, 2.45) is 5.92 Å². The molecule has 2 unspecified atom stereocenters. The van der Waals surface area contributed by atoms with Crippen LogP contribution in [0.2, 0.25) is 0 Å². The Balaban J connectivity index is 3.70. The molecule has 18 heavy (non-hydrogen) atoms. The van der Waals surface area contributed by atoms with Gasteiger partial charge in [0.25, 0.3) is 0 Å². The summed E-state index contributed by atoms with van der Waals surface area (Å²) in [5.41, 5.74) is -0.226. The molecule has 2 atom stereocenters. The number of aliphatic hydroxyl groups excluding tert-OH is 2. The molecule has 0 saturated heterocycles. The Kier molecular flexibility index (Phi) is 8.78. The number of nitrogens with one attached hydrogen (secondary N) is 1. The van der Waals surface area contributed by atoms with E-state index in [1.54, 1.807) is 0 Å². The highest BCUT2D eigenvalue weighted by Gasteiger charge is 2.16. The molecule has 4 heteroatoms. The van der Waals surface area contributed by atoms with Crippen LogP contribution < -0.4 is 5.32 Å². The van der Waals surface area contributed by atoms with Crippen LogP contribution in [0, 0.1) is 5.92 Å². The van der Waals surface area contributed by atoms with Gasteiger partial charge >= 0.3 is 0 Å². The van der Waals surface area contributed by atoms with Gasteiger partial charge < -0.3 is 20.3 Å². The van der Waals surface area contributed by atoms with Crippen molar-refractivity contribution >= 4 is 0 Å². The summed E-state index contributed by atoms with van der Waals surface area (Å²) >= 11 is 0. The summed E-state index contributed by atoms with van der Waals surface area (Å²) in [6.07, 6.45) is 1.10. The lowest BCUT2D eigenvalue weighted by atomic mass is 9.96. The predicted octanol–water partition coefficient (Wildman–Crippen LogP) is 1.55. The Bertz CT molecular complexity index is 200. The average molecular weight is 261 g/mol. The van der Waals surface area contributed by atoms with E-state index in [1.807, 2.05) is 20.8 Å². The van der Waals surface area contributed by atoms with E-state index in [4.69, 9.17) is 4.74 Å². The molecule has 0 aromatic rings. The summed E-state index contributed by atoms with van der Waals surface area (Å²) < 4.78 is 5.49. The molecule has 0 fully saturated rings. The molecule has 0 saturated carbocycles. The van der Waals surface area contributed by atoms with Crippen LogP contribution in [-0.4, -0.2) is 47.7 Å². The van der Waals surface area contributed by atoms with Gasteiger partial charge in [0.15, 0.2) is 0 Å². The molecule has 0 radical (unpaired) electrons. The standard InChI is InChI=1S/C14H31NO3/c1-6-11(7-2)13(17)9-15-8-12(16)10-18-14(3,4)5/h11-13,15-17H,6-10H2,1-5H3. The van der Waals surface area contributed by atoms with Crippen LogP contribution in [0.5, 0.6) is 0 Å². The largest absolute Gasteiger partial charge is 0.392 e. The minimum atomic E-state index is -0.530. The number of hydrogen-bond donors (Lipinski definition) is 3. The van der Waals surface area contributed by atoms with E-state index in [-0.39, 0.29) is 11.7 Å². The molecular weight excluding hydrogens is 230 g/mol. The van der Waals surface area contributed by atoms with Crippen LogP contribution in [0.15, 0.2) is 0 Å². The van der Waals surface area contributed by atoms with Crippen LogP contribution in [0.4, 0.5) is 0 Å². The van der Waals surface area contributed by atoms with Gasteiger partial charge in [-0.2, -0.15) is 0 Å². The highest BCUT2D eigenvalue weighted by molar-refractivity contribution is 4.70. The Morgan fingerprint density at radius 1 is 1.06 bits per heavy atom. The lowest BCUT2D eigenvalue weighted by Crippen LogP contribution is -2.39. The maximum Gasteiger partial charge on any atom is 0.0897 e. The zero-order chi connectivity index (χ0) is 14.2. The van der Waals surface area contributed by atoms with E-state index in [9.17, 15) is 10.2 Å². The van der Waals surface area contributed by atoms with Gasteiger partial charge in [-0.25, -0.2) is 0 Å². The first-order valence-corrected chi connectivity index (χ1v) is 7.01. The van der Waals surface area contributed by atoms with Gasteiger partial charge in [0.1, 0.15) is 0 Å². The van der Waals surface area contributed by atoms with Gasteiger partial charge in [0.05, 0.1) is 24.4 Å². The fraction of sp³-hybridized carbons (Fsp3) is 1.00. The fourth-order valence-corrected chi connectivity index (χ4v) is 1.80. The first-order valence-electron chi connectivity index (χ1n) is 7.01. The first-order chi connectivity index (χ1) is 8.30. The molecule has 0 spiro atoms. The third kappa shape index (κ3) is 8.86. The predicted molar refractivity (Wildman–Crippen MR) is 74.7 cm³/mol. The molecule has 0 amide bonds. The minimum absolute atomic E-state index is 0.226. The normalized spacial score (nSPS) is 16.0. The van der Waals surface area contributed by atoms with E-state index >= 15 is 0 Å². The number of rotatable bonds is 9. The highest BCUT2D eigenvalue weighted by atomic mass is 16.5. The zero-order valence-corrected chi connectivity index (χ0v) is 12.6. The lowest BCUT2D eigenvalue weighted by Gasteiger charge is -2.23. The molecule has 0 aliphatic heterocycles. The molecule has 0 aliphatic rings. The van der Waals surface area contributed by atoms with Crippen molar-refractivity contribution in [3.63, 3.8) is 0 Å². The van der Waals surface area contributed by atoms with Crippen LogP contribution in [0.3, 0.4) is 0 Å². The van der Waals surface area contributed by atoms with E-state index in [0.717, 1.165) is 12.8 Å². The Morgan fingerprint density at radius 2 is 1.61 bits per heavy atom. The average Bonchev–Trinajstić information content (AvgIpc) is 2.27. The maximum atomic E-state index is 9.91. The topological polar surface area (TPSA) is 61.7 Å². The lowest BCUT2D eigenvalue weighted by molar-refractivity contribution is -0.0485. The second-order valence-corrected chi connectivity index (χ2v) is 5.88. The van der Waals surface area contributed by atoms with Crippen molar-refractivity contribution in [2.45, 2.75) is 65.3 Å². The molecule has 0 aromatic carbocycles. The number of ether oxygens (including phenoxy) is 1. The third-order valence-corrected chi connectivity index (χ3v) is 3.04. The molecule has 3 N–H and O–H groups in total. The fourth-order valence-electron chi connectivity index (χ4n) is 1.80. The van der Waals surface area contributed by atoms with Crippen LogP contribution in [0.25, 0.3) is 0 Å². The molecule has 0 aliphatic carbocycles. The summed E-state index contributed by atoms with van der Waals surface area (Å²) in [5.74, 6) is 0.334. The van der Waals surface area contributed by atoms with Gasteiger partial charge in [0, 0.05) is 13.1 Å². The molecule has 110 valence electrons. The smallest absolute Gasteiger partial charge is 0.0897 e. The van der Waals surface area contributed by atoms with Crippen molar-refractivity contribution in [3.05, 3.63) is 0 Å². The number of aliphatic hydroxyl groups is 2. The summed E-state index contributed by atoms with van der Waals surface area (Å²) in [6.45, 7) is 11.4. The van der Waals surface area contributed by atoms with Crippen molar-refractivity contribution in [3.8, 4) is 0 Å². The monoisotopic (exact) mass is 261 g/mol. The van der Waals surface area contributed by atoms with Crippen molar-refractivity contribution < 1.29 is 14.9 Å². The van der Waals surface area contributed by atoms with E-state index in [1.165, 1.54) is 0 Å². The molecular formula is C14H31NO3. The van der Waals surface area contributed by atoms with Crippen molar-refractivity contribution in [1.82, 2.24) is 5.32 Å². The number of hydrogen-bond acceptors (Lipinski definition) is 4. The van der Waals surface area contributed by atoms with Crippen LogP contribution in [-0.2, 0) is 4.74 Å². The van der Waals surface area contributed by atoms with Crippen molar-refractivity contribution in [2.75, 3.05) is 19.7 Å². The van der Waals surface area contributed by atoms with Gasteiger partial charge in [-0.05, 0) is 26.7 Å². The zero-order valence-electron chi connectivity index (χ0n) is 12.6. The van der Waals surface area contributed by atoms with Crippen LogP contribution >= 0.6 is 0 Å². The summed E-state index contributed by atoms with van der Waals surface area (Å²) in [5, 5.41) is 22.7. The quantitative estimate of drug-likeness (QED) is 0.589. The Morgan fingerprint density at radius 3 is 2.06 bits per heavy atom. The summed E-state index contributed by atoms with van der Waals surface area (Å²) in [7, 11) is 0. The Hall–Kier alpha value is -0.160. The van der Waals surface area contributed by atoms with Gasteiger partial charge in [-0.15, -0.1) is 0 Å². The van der Waals surface area contributed by atoms with Gasteiger partial charge in [-0.3, -0.25) is 0 Å². The van der Waals surface area contributed by atoms with Gasteiger partial charge in [0.2, 0.25) is 0 Å². The second kappa shape index (κ2) is 8.86. The Labute approximate surface area is 112 Å². The maximum absolute atomic E-state index is 9.91.